The summed E-state index contributed by atoms with van der Waals surface area (Å²) in [4.78, 5) is 29.5. The molecule has 2 aliphatic rings. The molecule has 0 radical (unpaired) electrons. The zero-order valence-electron chi connectivity index (χ0n) is 20.1. The van der Waals surface area contributed by atoms with Crippen molar-refractivity contribution < 1.29 is 18.7 Å². The number of nitrogens with zero attached hydrogens (tertiary/aromatic N) is 3. The topological polar surface area (TPSA) is 114 Å². The lowest BCUT2D eigenvalue weighted by Gasteiger charge is -2.35. The number of hydrogen-bond acceptors (Lipinski definition) is 7. The number of imidazole rings is 1. The first-order valence-corrected chi connectivity index (χ1v) is 12.0. The minimum absolute atomic E-state index is 0.0690. The van der Waals surface area contributed by atoms with Crippen LogP contribution >= 0.6 is 0 Å². The predicted octanol–water partition coefficient (Wildman–Crippen LogP) is 3.85. The average Bonchev–Trinajstić information content (AvgIpc) is 3.63. The maximum Gasteiger partial charge on any atom is 0.230 e. The Labute approximate surface area is 208 Å². The number of carbonyl (C=O) groups excluding carboxylic acids is 1. The number of amides is 1. The molecule has 1 saturated heterocycles. The van der Waals surface area contributed by atoms with Crippen molar-refractivity contribution in [1.29, 1.82) is 0 Å². The molecule has 1 amide bonds. The zero-order chi connectivity index (χ0) is 25.1. The van der Waals surface area contributed by atoms with E-state index in [2.05, 4.69) is 32.2 Å². The third-order valence-corrected chi connectivity index (χ3v) is 6.28. The van der Waals surface area contributed by atoms with Gasteiger partial charge in [0.15, 0.2) is 5.82 Å². The highest BCUT2D eigenvalue weighted by Gasteiger charge is 2.41. The number of halogens is 1. The van der Waals surface area contributed by atoms with Crippen LogP contribution in [0.4, 0.5) is 10.3 Å². The van der Waals surface area contributed by atoms with Crippen molar-refractivity contribution in [2.75, 3.05) is 31.6 Å². The van der Waals surface area contributed by atoms with E-state index in [4.69, 9.17) is 14.5 Å². The van der Waals surface area contributed by atoms with Gasteiger partial charge in [0.1, 0.15) is 5.82 Å². The molecule has 0 unspecified atom stereocenters. The van der Waals surface area contributed by atoms with Crippen LogP contribution in [0.25, 0.3) is 22.6 Å². The Hall–Kier alpha value is -3.63. The number of carbonyl (C=O) groups is 1. The molecule has 36 heavy (non-hydrogen) atoms. The maximum absolute atomic E-state index is 13.6. The smallest absolute Gasteiger partial charge is 0.230 e. The van der Waals surface area contributed by atoms with Gasteiger partial charge in [-0.2, -0.15) is 0 Å². The standard InChI is InChI=1S/C26H29FN6O3/c1-3-11-28-25-29-12-10-19(31-25)21-20(17-6-8-18(27)9-7-17)32-22(33-21)23-35-14-26(2,15-36-23)24(34)30-13-16-4-5-16/h3,6-10,12,16,23H,1,4-5,11,13-15H2,2H3,(H,30,34)(H,32,33)(H,28,29,31). The van der Waals surface area contributed by atoms with E-state index in [-0.39, 0.29) is 24.9 Å². The Morgan fingerprint density at radius 2 is 1.97 bits per heavy atom. The lowest BCUT2D eigenvalue weighted by Crippen LogP contribution is -2.49. The van der Waals surface area contributed by atoms with Gasteiger partial charge in [-0.3, -0.25) is 4.79 Å². The first kappa shape index (κ1) is 24.1. The third kappa shape index (κ3) is 5.29. The van der Waals surface area contributed by atoms with Gasteiger partial charge in [0, 0.05) is 24.8 Å². The van der Waals surface area contributed by atoms with Crippen molar-refractivity contribution in [3.63, 3.8) is 0 Å². The minimum Gasteiger partial charge on any atom is -0.355 e. The van der Waals surface area contributed by atoms with E-state index in [9.17, 15) is 9.18 Å². The fourth-order valence-electron chi connectivity index (χ4n) is 3.92. The number of rotatable bonds is 9. The summed E-state index contributed by atoms with van der Waals surface area (Å²) in [6, 6.07) is 7.82. The molecule has 3 aromatic rings. The third-order valence-electron chi connectivity index (χ3n) is 6.28. The van der Waals surface area contributed by atoms with Crippen LogP contribution in [-0.2, 0) is 14.3 Å². The van der Waals surface area contributed by atoms with Crippen LogP contribution in [0.2, 0.25) is 0 Å². The highest BCUT2D eigenvalue weighted by molar-refractivity contribution is 5.82. The second kappa shape index (κ2) is 10.2. The van der Waals surface area contributed by atoms with Crippen molar-refractivity contribution in [3.05, 3.63) is 60.8 Å². The van der Waals surface area contributed by atoms with Crippen LogP contribution in [0.5, 0.6) is 0 Å². The lowest BCUT2D eigenvalue weighted by atomic mass is 9.91. The van der Waals surface area contributed by atoms with Crippen LogP contribution in [0.15, 0.2) is 49.2 Å². The number of aromatic nitrogens is 4. The summed E-state index contributed by atoms with van der Waals surface area (Å²) in [6.07, 6.45) is 4.90. The fraction of sp³-hybridized carbons (Fsp3) is 0.385. The number of H-pyrrole nitrogens is 1. The molecule has 1 aliphatic carbocycles. The summed E-state index contributed by atoms with van der Waals surface area (Å²) >= 11 is 0. The second-order valence-electron chi connectivity index (χ2n) is 9.46. The fourth-order valence-corrected chi connectivity index (χ4v) is 3.92. The number of aromatic amines is 1. The monoisotopic (exact) mass is 492 g/mol. The van der Waals surface area contributed by atoms with Crippen molar-refractivity contribution >= 4 is 11.9 Å². The van der Waals surface area contributed by atoms with Crippen LogP contribution in [0, 0.1) is 17.2 Å². The average molecular weight is 493 g/mol. The molecule has 0 bridgehead atoms. The molecule has 2 aromatic heterocycles. The molecule has 10 heteroatoms. The Morgan fingerprint density at radius 1 is 1.22 bits per heavy atom. The molecular formula is C26H29FN6O3. The van der Waals surface area contributed by atoms with E-state index < -0.39 is 11.7 Å². The predicted molar refractivity (Wildman–Crippen MR) is 132 cm³/mol. The lowest BCUT2D eigenvalue weighted by molar-refractivity contribution is -0.231. The van der Waals surface area contributed by atoms with Crippen molar-refractivity contribution in [3.8, 4) is 22.6 Å². The number of hydrogen-bond donors (Lipinski definition) is 3. The molecule has 9 nitrogen and oxygen atoms in total. The van der Waals surface area contributed by atoms with E-state index in [1.165, 1.54) is 25.0 Å². The SMILES string of the molecule is C=CCNc1nccc(-c2[nH]c(C3OCC(C)(C(=O)NCC4CC4)CO3)nc2-c2ccc(F)cc2)n1. The van der Waals surface area contributed by atoms with Gasteiger partial charge in [0.2, 0.25) is 18.1 Å². The highest BCUT2D eigenvalue weighted by atomic mass is 19.1. The Kier molecular flexibility index (Phi) is 6.80. The number of ether oxygens (including phenoxy) is 2. The Morgan fingerprint density at radius 3 is 2.67 bits per heavy atom. The summed E-state index contributed by atoms with van der Waals surface area (Å²) in [7, 11) is 0. The van der Waals surface area contributed by atoms with Crippen molar-refractivity contribution in [2.24, 2.45) is 11.3 Å². The number of benzene rings is 1. The quantitative estimate of drug-likeness (QED) is 0.389. The van der Waals surface area contributed by atoms with E-state index in [1.54, 1.807) is 30.5 Å². The van der Waals surface area contributed by atoms with Gasteiger partial charge in [0.25, 0.3) is 0 Å². The first-order valence-electron chi connectivity index (χ1n) is 12.0. The molecule has 2 fully saturated rings. The van der Waals surface area contributed by atoms with Gasteiger partial charge in [-0.05, 0) is 56.0 Å². The summed E-state index contributed by atoms with van der Waals surface area (Å²) < 4.78 is 25.5. The van der Waals surface area contributed by atoms with Gasteiger partial charge in [-0.15, -0.1) is 6.58 Å². The largest absolute Gasteiger partial charge is 0.355 e. The van der Waals surface area contributed by atoms with E-state index in [0.29, 0.717) is 53.4 Å². The van der Waals surface area contributed by atoms with Crippen molar-refractivity contribution in [2.45, 2.75) is 26.1 Å². The summed E-state index contributed by atoms with van der Waals surface area (Å²) in [6.45, 7) is 7.13. The van der Waals surface area contributed by atoms with Gasteiger partial charge in [0.05, 0.1) is 35.7 Å². The second-order valence-corrected chi connectivity index (χ2v) is 9.46. The summed E-state index contributed by atoms with van der Waals surface area (Å²) in [5.74, 6) is 1.06. The molecule has 0 atom stereocenters. The summed E-state index contributed by atoms with van der Waals surface area (Å²) in [5, 5.41) is 6.08. The van der Waals surface area contributed by atoms with Crippen LogP contribution in [0.1, 0.15) is 31.9 Å². The highest BCUT2D eigenvalue weighted by Crippen LogP contribution is 2.36. The molecule has 188 valence electrons. The van der Waals surface area contributed by atoms with Gasteiger partial charge < -0.3 is 25.1 Å². The van der Waals surface area contributed by atoms with Crippen molar-refractivity contribution in [1.82, 2.24) is 25.3 Å². The molecular weight excluding hydrogens is 463 g/mol. The van der Waals surface area contributed by atoms with E-state index in [1.807, 2.05) is 6.92 Å². The minimum atomic E-state index is -0.789. The molecule has 5 rings (SSSR count). The molecule has 1 aromatic carbocycles. The van der Waals surface area contributed by atoms with Gasteiger partial charge in [-0.25, -0.2) is 19.3 Å². The Balaban J connectivity index is 1.39. The molecule has 1 aliphatic heterocycles. The maximum atomic E-state index is 13.6. The first-order chi connectivity index (χ1) is 17.4. The molecule has 0 spiro atoms. The van der Waals surface area contributed by atoms with E-state index >= 15 is 0 Å². The Bertz CT molecular complexity index is 1230. The van der Waals surface area contributed by atoms with Crippen LogP contribution in [-0.4, -0.2) is 52.1 Å². The summed E-state index contributed by atoms with van der Waals surface area (Å²) in [5.41, 5.74) is 1.70. The molecule has 3 heterocycles. The van der Waals surface area contributed by atoms with Gasteiger partial charge in [-0.1, -0.05) is 6.08 Å². The molecule has 3 N–H and O–H groups in total. The normalized spacial score (nSPS) is 21.7. The van der Waals surface area contributed by atoms with Gasteiger partial charge >= 0.3 is 0 Å². The number of nitrogens with one attached hydrogen (secondary N) is 3. The number of anilines is 1. The zero-order valence-corrected chi connectivity index (χ0v) is 20.1. The van der Waals surface area contributed by atoms with Crippen LogP contribution < -0.4 is 10.6 Å². The van der Waals surface area contributed by atoms with E-state index in [0.717, 1.165) is 0 Å². The molecule has 1 saturated carbocycles. The van der Waals surface area contributed by atoms with Crippen LogP contribution in [0.3, 0.4) is 0 Å².